The number of hydrogen-bond donors (Lipinski definition) is 2. The fraction of sp³-hybridized carbons (Fsp3) is 0.417. The first-order valence-corrected chi connectivity index (χ1v) is 6.28. The predicted molar refractivity (Wildman–Crippen MR) is 67.2 cm³/mol. The summed E-state index contributed by atoms with van der Waals surface area (Å²) in [5.41, 5.74) is 6.59. The second kappa shape index (κ2) is 4.97. The lowest BCUT2D eigenvalue weighted by molar-refractivity contribution is 0.0934. The van der Waals surface area contributed by atoms with E-state index >= 15 is 0 Å². The number of amides is 1. The van der Waals surface area contributed by atoms with Crippen LogP contribution in [0.1, 0.15) is 29.6 Å². The van der Waals surface area contributed by atoms with Crippen LogP contribution >= 0.6 is 15.9 Å². The van der Waals surface area contributed by atoms with Gasteiger partial charge in [-0.1, -0.05) is 22.0 Å². The highest BCUT2D eigenvalue weighted by Gasteiger charge is 2.25. The highest BCUT2D eigenvalue weighted by atomic mass is 79.9. The maximum absolute atomic E-state index is 11.9. The average Bonchev–Trinajstić information content (AvgIpc) is 2.64. The molecule has 0 aliphatic heterocycles. The van der Waals surface area contributed by atoms with Gasteiger partial charge in [-0.15, -0.1) is 0 Å². The molecule has 0 bridgehead atoms. The number of rotatable bonds is 2. The predicted octanol–water partition coefficient (Wildman–Crippen LogP) is 2.06. The maximum atomic E-state index is 11.9. The molecule has 1 aliphatic rings. The van der Waals surface area contributed by atoms with Crippen molar-refractivity contribution < 1.29 is 4.79 Å². The topological polar surface area (TPSA) is 55.1 Å². The second-order valence-corrected chi connectivity index (χ2v) is 5.10. The Morgan fingerprint density at radius 1 is 1.44 bits per heavy atom. The molecule has 1 aliphatic carbocycles. The molecule has 0 spiro atoms. The van der Waals surface area contributed by atoms with Gasteiger partial charge in [0.05, 0.1) is 0 Å². The lowest BCUT2D eigenvalue weighted by Crippen LogP contribution is -2.43. The summed E-state index contributed by atoms with van der Waals surface area (Å²) < 4.78 is 0.913. The third-order valence-corrected chi connectivity index (χ3v) is 3.47. The monoisotopic (exact) mass is 282 g/mol. The number of nitrogens with two attached hydrogens (primary N) is 1. The molecular weight excluding hydrogens is 268 g/mol. The minimum absolute atomic E-state index is 0.0383. The van der Waals surface area contributed by atoms with Gasteiger partial charge in [0, 0.05) is 22.1 Å². The van der Waals surface area contributed by atoms with Crippen molar-refractivity contribution in [2.75, 3.05) is 0 Å². The first-order chi connectivity index (χ1) is 7.66. The fourth-order valence-electron chi connectivity index (χ4n) is 2.05. The number of halogens is 1. The lowest BCUT2D eigenvalue weighted by atomic mass is 10.1. The second-order valence-electron chi connectivity index (χ2n) is 4.19. The van der Waals surface area contributed by atoms with E-state index in [-0.39, 0.29) is 18.0 Å². The number of nitrogens with one attached hydrogen (secondary N) is 1. The van der Waals surface area contributed by atoms with E-state index in [1.807, 2.05) is 18.2 Å². The minimum Gasteiger partial charge on any atom is -0.348 e. The van der Waals surface area contributed by atoms with Crippen LogP contribution < -0.4 is 11.1 Å². The molecule has 3 nitrogen and oxygen atoms in total. The highest BCUT2D eigenvalue weighted by molar-refractivity contribution is 9.10. The van der Waals surface area contributed by atoms with Gasteiger partial charge in [-0.05, 0) is 37.5 Å². The fourth-order valence-corrected chi connectivity index (χ4v) is 2.45. The molecule has 1 aromatic rings. The van der Waals surface area contributed by atoms with Gasteiger partial charge in [-0.3, -0.25) is 4.79 Å². The zero-order valence-corrected chi connectivity index (χ0v) is 10.5. The Morgan fingerprint density at radius 2 is 2.25 bits per heavy atom. The van der Waals surface area contributed by atoms with Crippen LogP contribution in [-0.2, 0) is 0 Å². The first kappa shape index (κ1) is 11.6. The molecule has 0 heterocycles. The van der Waals surface area contributed by atoms with Crippen molar-refractivity contribution in [3.8, 4) is 0 Å². The Bertz CT molecular complexity index is 394. The molecule has 1 amide bonds. The summed E-state index contributed by atoms with van der Waals surface area (Å²) in [6.45, 7) is 0. The number of carbonyl (C=O) groups excluding carboxylic acids is 1. The van der Waals surface area contributed by atoms with Crippen LogP contribution in [0.25, 0.3) is 0 Å². The Kier molecular flexibility index (Phi) is 3.61. The molecule has 16 heavy (non-hydrogen) atoms. The minimum atomic E-state index is -0.0383. The van der Waals surface area contributed by atoms with Gasteiger partial charge >= 0.3 is 0 Å². The molecule has 1 fully saturated rings. The van der Waals surface area contributed by atoms with Crippen LogP contribution in [0.5, 0.6) is 0 Å². The SMILES string of the molecule is NC1CCCC1NC(=O)c1cccc(Br)c1. The van der Waals surface area contributed by atoms with Crippen molar-refractivity contribution in [2.24, 2.45) is 5.73 Å². The van der Waals surface area contributed by atoms with E-state index in [0.29, 0.717) is 5.56 Å². The Hall–Kier alpha value is -0.870. The van der Waals surface area contributed by atoms with E-state index in [1.165, 1.54) is 0 Å². The van der Waals surface area contributed by atoms with Crippen LogP contribution in [0.4, 0.5) is 0 Å². The maximum Gasteiger partial charge on any atom is 0.251 e. The van der Waals surface area contributed by atoms with E-state index in [2.05, 4.69) is 21.2 Å². The van der Waals surface area contributed by atoms with Gasteiger partial charge in [-0.2, -0.15) is 0 Å². The third kappa shape index (κ3) is 2.62. The van der Waals surface area contributed by atoms with E-state index in [4.69, 9.17) is 5.73 Å². The van der Waals surface area contributed by atoms with Crippen LogP contribution in [-0.4, -0.2) is 18.0 Å². The van der Waals surface area contributed by atoms with Crippen molar-refractivity contribution >= 4 is 21.8 Å². The van der Waals surface area contributed by atoms with Crippen molar-refractivity contribution in [1.29, 1.82) is 0 Å². The number of hydrogen-bond acceptors (Lipinski definition) is 2. The van der Waals surface area contributed by atoms with Crippen molar-refractivity contribution in [2.45, 2.75) is 31.3 Å². The van der Waals surface area contributed by atoms with Crippen LogP contribution in [0.3, 0.4) is 0 Å². The molecule has 2 atom stereocenters. The molecular formula is C12H15BrN2O. The van der Waals surface area contributed by atoms with Gasteiger partial charge in [0.2, 0.25) is 0 Å². The average molecular weight is 283 g/mol. The summed E-state index contributed by atoms with van der Waals surface area (Å²) in [5, 5.41) is 2.99. The summed E-state index contributed by atoms with van der Waals surface area (Å²) in [6, 6.07) is 7.62. The van der Waals surface area contributed by atoms with Crippen molar-refractivity contribution in [1.82, 2.24) is 5.32 Å². The molecule has 86 valence electrons. The summed E-state index contributed by atoms with van der Waals surface area (Å²) in [4.78, 5) is 11.9. The summed E-state index contributed by atoms with van der Waals surface area (Å²) in [7, 11) is 0. The van der Waals surface area contributed by atoms with E-state index in [0.717, 1.165) is 23.7 Å². The highest BCUT2D eigenvalue weighted by Crippen LogP contribution is 2.18. The Balaban J connectivity index is 2.03. The van der Waals surface area contributed by atoms with Gasteiger partial charge < -0.3 is 11.1 Å². The molecule has 0 saturated heterocycles. The first-order valence-electron chi connectivity index (χ1n) is 5.49. The van der Waals surface area contributed by atoms with E-state index in [1.54, 1.807) is 6.07 Å². The van der Waals surface area contributed by atoms with Gasteiger partial charge in [0.15, 0.2) is 0 Å². The zero-order chi connectivity index (χ0) is 11.5. The number of carbonyl (C=O) groups is 1. The Labute approximate surface area is 104 Å². The standard InChI is InChI=1S/C12H15BrN2O/c13-9-4-1-3-8(7-9)12(16)15-11-6-2-5-10(11)14/h1,3-4,7,10-11H,2,5-6,14H2,(H,15,16). The normalized spacial score (nSPS) is 24.4. The summed E-state index contributed by atoms with van der Waals surface area (Å²) in [5.74, 6) is -0.0383. The van der Waals surface area contributed by atoms with Gasteiger partial charge in [-0.25, -0.2) is 0 Å². The molecule has 0 aromatic heterocycles. The van der Waals surface area contributed by atoms with Crippen molar-refractivity contribution in [3.05, 3.63) is 34.3 Å². The zero-order valence-electron chi connectivity index (χ0n) is 8.95. The van der Waals surface area contributed by atoms with Crippen LogP contribution in [0.2, 0.25) is 0 Å². The van der Waals surface area contributed by atoms with E-state index < -0.39 is 0 Å². The largest absolute Gasteiger partial charge is 0.348 e. The van der Waals surface area contributed by atoms with Crippen LogP contribution in [0, 0.1) is 0 Å². The molecule has 3 N–H and O–H groups in total. The molecule has 2 unspecified atom stereocenters. The van der Waals surface area contributed by atoms with Gasteiger partial charge in [0.25, 0.3) is 5.91 Å². The molecule has 4 heteroatoms. The molecule has 0 radical (unpaired) electrons. The van der Waals surface area contributed by atoms with E-state index in [9.17, 15) is 4.79 Å². The Morgan fingerprint density at radius 3 is 2.88 bits per heavy atom. The molecule has 1 aromatic carbocycles. The molecule has 2 rings (SSSR count). The summed E-state index contributed by atoms with van der Waals surface area (Å²) >= 11 is 3.35. The summed E-state index contributed by atoms with van der Waals surface area (Å²) in [6.07, 6.45) is 3.09. The smallest absolute Gasteiger partial charge is 0.251 e. The van der Waals surface area contributed by atoms with Gasteiger partial charge in [0.1, 0.15) is 0 Å². The molecule has 1 saturated carbocycles. The third-order valence-electron chi connectivity index (χ3n) is 2.97. The lowest BCUT2D eigenvalue weighted by Gasteiger charge is -2.17. The van der Waals surface area contributed by atoms with Crippen LogP contribution in [0.15, 0.2) is 28.7 Å². The number of benzene rings is 1. The quantitative estimate of drug-likeness (QED) is 0.873. The van der Waals surface area contributed by atoms with Crippen molar-refractivity contribution in [3.63, 3.8) is 0 Å².